The normalized spacial score (nSPS) is 13.1. The Kier molecular flexibility index (Phi) is 4.22. The van der Waals surface area contributed by atoms with Crippen molar-refractivity contribution in [1.82, 2.24) is 19.6 Å². The first-order valence-corrected chi connectivity index (χ1v) is 11.7. The molecule has 0 saturated heterocycles. The summed E-state index contributed by atoms with van der Waals surface area (Å²) in [5, 5.41) is 9.64. The average Bonchev–Trinajstić information content (AvgIpc) is 3.58. The van der Waals surface area contributed by atoms with E-state index in [2.05, 4.69) is 26.5 Å². The van der Waals surface area contributed by atoms with Crippen LogP contribution in [0.15, 0.2) is 59.6 Å². The molecule has 4 aromatic heterocycles. The van der Waals surface area contributed by atoms with Crippen molar-refractivity contribution >= 4 is 39.9 Å². The van der Waals surface area contributed by atoms with Gasteiger partial charge in [-0.2, -0.15) is 5.10 Å². The van der Waals surface area contributed by atoms with Crippen LogP contribution >= 0.6 is 22.7 Å². The second kappa shape index (κ2) is 7.11. The van der Waals surface area contributed by atoms with Crippen molar-refractivity contribution in [2.45, 2.75) is 13.3 Å². The minimum atomic E-state index is -0.0677. The van der Waals surface area contributed by atoms with Gasteiger partial charge in [-0.1, -0.05) is 12.1 Å². The third-order valence-corrected chi connectivity index (χ3v) is 7.21. The van der Waals surface area contributed by atoms with Gasteiger partial charge in [0.1, 0.15) is 5.56 Å². The zero-order valence-corrected chi connectivity index (χ0v) is 18.3. The fourth-order valence-electron chi connectivity index (χ4n) is 4.07. The molecule has 8 heteroatoms. The van der Waals surface area contributed by atoms with E-state index >= 15 is 0 Å². The summed E-state index contributed by atoms with van der Waals surface area (Å²) in [6.45, 7) is 2.66. The summed E-state index contributed by atoms with van der Waals surface area (Å²) in [4.78, 5) is 25.4. The molecule has 152 valence electrons. The Labute approximate surface area is 186 Å². The number of nitrogens with zero attached hydrogens (tertiary/aromatic N) is 5. The molecule has 5 aromatic rings. The van der Waals surface area contributed by atoms with Crippen LogP contribution in [0.1, 0.15) is 20.9 Å². The highest BCUT2D eigenvalue weighted by molar-refractivity contribution is 7.13. The monoisotopic (exact) mass is 443 g/mol. The van der Waals surface area contributed by atoms with E-state index in [0.717, 1.165) is 38.9 Å². The van der Waals surface area contributed by atoms with Crippen molar-refractivity contribution in [3.63, 3.8) is 0 Å². The van der Waals surface area contributed by atoms with Crippen LogP contribution in [0.5, 0.6) is 0 Å². The fourth-order valence-corrected chi connectivity index (χ4v) is 5.42. The van der Waals surface area contributed by atoms with E-state index in [1.807, 2.05) is 47.5 Å². The summed E-state index contributed by atoms with van der Waals surface area (Å²) in [7, 11) is 0. The quantitative estimate of drug-likeness (QED) is 0.390. The van der Waals surface area contributed by atoms with Gasteiger partial charge in [-0.15, -0.1) is 22.7 Å². The van der Waals surface area contributed by atoms with Gasteiger partial charge in [-0.25, -0.2) is 14.5 Å². The SMILES string of the molecule is Cc1nc(-c2ccc3c(c2)CCN3C(=O)c2cnn3c(-c4cccs4)ccnc23)cs1. The topological polar surface area (TPSA) is 63.4 Å². The number of rotatable bonds is 3. The summed E-state index contributed by atoms with van der Waals surface area (Å²) >= 11 is 3.28. The van der Waals surface area contributed by atoms with Gasteiger partial charge in [-0.3, -0.25) is 4.79 Å². The largest absolute Gasteiger partial charge is 0.308 e. The molecule has 0 N–H and O–H groups in total. The molecule has 5 heterocycles. The lowest BCUT2D eigenvalue weighted by Gasteiger charge is -2.16. The van der Waals surface area contributed by atoms with Gasteiger partial charge >= 0.3 is 0 Å². The van der Waals surface area contributed by atoms with Crippen LogP contribution in [-0.4, -0.2) is 32.0 Å². The van der Waals surface area contributed by atoms with E-state index in [9.17, 15) is 4.79 Å². The summed E-state index contributed by atoms with van der Waals surface area (Å²) in [5.41, 5.74) is 6.24. The Bertz CT molecular complexity index is 1430. The van der Waals surface area contributed by atoms with Crippen LogP contribution in [0.4, 0.5) is 5.69 Å². The highest BCUT2D eigenvalue weighted by Crippen LogP contribution is 2.34. The van der Waals surface area contributed by atoms with Gasteiger partial charge < -0.3 is 4.90 Å². The van der Waals surface area contributed by atoms with Crippen LogP contribution in [0.2, 0.25) is 0 Å². The summed E-state index contributed by atoms with van der Waals surface area (Å²) in [5.74, 6) is -0.0677. The van der Waals surface area contributed by atoms with E-state index in [1.165, 1.54) is 5.56 Å². The molecule has 1 aliphatic rings. The Morgan fingerprint density at radius 3 is 2.90 bits per heavy atom. The second-order valence-corrected chi connectivity index (χ2v) is 9.41. The standard InChI is InChI=1S/C23H17N5OS2/c1-14-26-18(13-31-14)15-4-5-19-16(11-15)7-9-27(19)23(29)17-12-25-28-20(6-8-24-22(17)28)21-3-2-10-30-21/h2-6,8,10-13H,7,9H2,1H3. The number of aryl methyl sites for hydroxylation is 1. The Balaban J connectivity index is 1.36. The van der Waals surface area contributed by atoms with Crippen LogP contribution < -0.4 is 4.90 Å². The first-order valence-electron chi connectivity index (χ1n) is 9.93. The van der Waals surface area contributed by atoms with Crippen LogP contribution in [0.25, 0.3) is 27.5 Å². The number of carbonyl (C=O) groups is 1. The maximum absolute atomic E-state index is 13.5. The molecule has 1 amide bonds. The molecular weight excluding hydrogens is 426 g/mol. The van der Waals surface area contributed by atoms with Crippen LogP contribution in [-0.2, 0) is 6.42 Å². The number of carbonyl (C=O) groups excluding carboxylic acids is 1. The molecule has 0 radical (unpaired) electrons. The van der Waals surface area contributed by atoms with Crippen molar-refractivity contribution < 1.29 is 4.79 Å². The molecule has 0 saturated carbocycles. The van der Waals surface area contributed by atoms with Gasteiger partial charge in [0.25, 0.3) is 5.91 Å². The number of thiophene rings is 1. The van der Waals surface area contributed by atoms with Crippen molar-refractivity contribution in [2.75, 3.05) is 11.4 Å². The smallest absolute Gasteiger partial charge is 0.263 e. The average molecular weight is 444 g/mol. The number of benzene rings is 1. The van der Waals surface area contributed by atoms with E-state index in [0.29, 0.717) is 17.8 Å². The molecule has 0 spiro atoms. The van der Waals surface area contributed by atoms with Crippen molar-refractivity contribution in [3.8, 4) is 21.8 Å². The van der Waals surface area contributed by atoms with Crippen molar-refractivity contribution in [1.29, 1.82) is 0 Å². The second-order valence-electron chi connectivity index (χ2n) is 7.40. The molecule has 0 atom stereocenters. The number of fused-ring (bicyclic) bond motifs is 2. The van der Waals surface area contributed by atoms with Gasteiger partial charge in [-0.05, 0) is 48.6 Å². The molecule has 0 aliphatic carbocycles. The Morgan fingerprint density at radius 1 is 1.16 bits per heavy atom. The van der Waals surface area contributed by atoms with E-state index in [-0.39, 0.29) is 5.91 Å². The molecule has 6 rings (SSSR count). The minimum Gasteiger partial charge on any atom is -0.308 e. The third kappa shape index (κ3) is 2.98. The number of hydrogen-bond acceptors (Lipinski definition) is 6. The highest BCUT2D eigenvalue weighted by atomic mass is 32.1. The van der Waals surface area contributed by atoms with Gasteiger partial charge in [0.15, 0.2) is 5.65 Å². The molecular formula is C23H17N5OS2. The third-order valence-electron chi connectivity index (χ3n) is 5.54. The first-order chi connectivity index (χ1) is 15.2. The van der Waals surface area contributed by atoms with E-state index in [4.69, 9.17) is 0 Å². The van der Waals surface area contributed by atoms with Gasteiger partial charge in [0, 0.05) is 29.4 Å². The molecule has 31 heavy (non-hydrogen) atoms. The number of thiazole rings is 1. The molecule has 6 nitrogen and oxygen atoms in total. The molecule has 1 aromatic carbocycles. The zero-order chi connectivity index (χ0) is 20.9. The van der Waals surface area contributed by atoms with Gasteiger partial charge in [0.2, 0.25) is 0 Å². The lowest BCUT2D eigenvalue weighted by Crippen LogP contribution is -2.28. The maximum Gasteiger partial charge on any atom is 0.263 e. The maximum atomic E-state index is 13.5. The molecule has 0 fully saturated rings. The van der Waals surface area contributed by atoms with Crippen LogP contribution in [0, 0.1) is 6.92 Å². The van der Waals surface area contributed by atoms with Crippen molar-refractivity contribution in [2.24, 2.45) is 0 Å². The highest BCUT2D eigenvalue weighted by Gasteiger charge is 2.28. The predicted molar refractivity (Wildman–Crippen MR) is 124 cm³/mol. The number of anilines is 1. The minimum absolute atomic E-state index is 0.0677. The number of amides is 1. The zero-order valence-electron chi connectivity index (χ0n) is 16.6. The first kappa shape index (κ1) is 18.4. The summed E-state index contributed by atoms with van der Waals surface area (Å²) in [6.07, 6.45) is 4.19. The molecule has 0 bridgehead atoms. The Morgan fingerprint density at radius 2 is 2.10 bits per heavy atom. The van der Waals surface area contributed by atoms with E-state index < -0.39 is 0 Å². The molecule has 1 aliphatic heterocycles. The Hall–Kier alpha value is -3.36. The lowest BCUT2D eigenvalue weighted by atomic mass is 10.1. The summed E-state index contributed by atoms with van der Waals surface area (Å²) in [6, 6.07) is 12.2. The van der Waals surface area contributed by atoms with E-state index in [1.54, 1.807) is 39.6 Å². The molecule has 0 unspecified atom stereocenters. The van der Waals surface area contributed by atoms with Gasteiger partial charge in [0.05, 0.1) is 27.5 Å². The van der Waals surface area contributed by atoms with Crippen molar-refractivity contribution in [3.05, 3.63) is 75.7 Å². The number of hydrogen-bond donors (Lipinski definition) is 0. The predicted octanol–water partition coefficient (Wildman–Crippen LogP) is 5.09. The lowest BCUT2D eigenvalue weighted by molar-refractivity contribution is 0.0990. The number of aromatic nitrogens is 4. The van der Waals surface area contributed by atoms with Crippen LogP contribution in [0.3, 0.4) is 0 Å². The fraction of sp³-hybridized carbons (Fsp3) is 0.130. The summed E-state index contributed by atoms with van der Waals surface area (Å²) < 4.78 is 1.75.